The van der Waals surface area contributed by atoms with E-state index in [1.807, 2.05) is 42.5 Å². The number of nitrogens with zero attached hydrogens (tertiary/aromatic N) is 2. The van der Waals surface area contributed by atoms with Crippen LogP contribution < -0.4 is 14.4 Å². The number of fused-ring (bicyclic) bond motifs is 1. The van der Waals surface area contributed by atoms with Crippen molar-refractivity contribution in [3.63, 3.8) is 0 Å². The molecule has 0 radical (unpaired) electrons. The van der Waals surface area contributed by atoms with E-state index >= 15 is 0 Å². The fourth-order valence-corrected chi connectivity index (χ4v) is 2.90. The first-order valence-electron chi connectivity index (χ1n) is 8.25. The van der Waals surface area contributed by atoms with Crippen molar-refractivity contribution >= 4 is 22.7 Å². The van der Waals surface area contributed by atoms with Crippen molar-refractivity contribution in [2.24, 2.45) is 0 Å². The number of rotatable bonds is 5. The molecule has 1 aromatic heterocycles. The molecule has 0 spiro atoms. The Morgan fingerprint density at radius 2 is 2.08 bits per heavy atom. The van der Waals surface area contributed by atoms with Crippen LogP contribution in [-0.4, -0.2) is 43.9 Å². The minimum absolute atomic E-state index is 0.0220. The van der Waals surface area contributed by atoms with Crippen molar-refractivity contribution in [3.8, 4) is 11.5 Å². The van der Waals surface area contributed by atoms with Gasteiger partial charge in [0.2, 0.25) is 0 Å². The van der Waals surface area contributed by atoms with Crippen molar-refractivity contribution in [2.45, 2.75) is 6.10 Å². The van der Waals surface area contributed by atoms with Crippen molar-refractivity contribution < 1.29 is 23.4 Å². The molecule has 2 heterocycles. The van der Waals surface area contributed by atoms with Gasteiger partial charge < -0.3 is 23.5 Å². The molecule has 0 bridgehead atoms. The van der Waals surface area contributed by atoms with Crippen molar-refractivity contribution in [1.82, 2.24) is 4.98 Å². The third kappa shape index (κ3) is 3.21. The first-order valence-corrected chi connectivity index (χ1v) is 8.25. The molecule has 1 unspecified atom stereocenters. The lowest BCUT2D eigenvalue weighted by Crippen LogP contribution is -2.48. The Kier molecular flexibility index (Phi) is 4.45. The normalized spacial score (nSPS) is 17.5. The lowest BCUT2D eigenvalue weighted by atomic mass is 10.2. The van der Waals surface area contributed by atoms with Gasteiger partial charge in [-0.2, -0.15) is 0 Å². The number of carbonyl (C=O) groups is 1. The van der Waals surface area contributed by atoms with Crippen LogP contribution in [0.2, 0.25) is 0 Å². The van der Waals surface area contributed by atoms with Gasteiger partial charge in [-0.15, -0.1) is 0 Å². The van der Waals surface area contributed by atoms with Crippen LogP contribution in [0.5, 0.6) is 11.5 Å². The quantitative estimate of drug-likeness (QED) is 0.701. The molecule has 1 atom stereocenters. The number of carbonyl (C=O) groups excluding carboxylic acids is 1. The molecule has 1 aliphatic heterocycles. The highest BCUT2D eigenvalue weighted by Crippen LogP contribution is 2.25. The van der Waals surface area contributed by atoms with Gasteiger partial charge in [-0.3, -0.25) is 4.79 Å². The standard InChI is InChI=1S/C19H18N2O5/c1-23-14-7-5-13(6-8-14)21-9-15(24-11-18(21)22)10-25-16-3-2-4-17-19(16)20-12-26-17/h2-8,12,15H,9-11H2,1H3. The van der Waals surface area contributed by atoms with Crippen LogP contribution in [0.3, 0.4) is 0 Å². The van der Waals surface area contributed by atoms with E-state index in [0.29, 0.717) is 30.0 Å². The van der Waals surface area contributed by atoms with Gasteiger partial charge in [0.25, 0.3) is 5.91 Å². The summed E-state index contributed by atoms with van der Waals surface area (Å²) in [4.78, 5) is 18.1. The molecule has 26 heavy (non-hydrogen) atoms. The summed E-state index contributed by atoms with van der Waals surface area (Å²) in [6.45, 7) is 0.750. The Hall–Kier alpha value is -3.06. The number of para-hydroxylation sites is 1. The second-order valence-corrected chi connectivity index (χ2v) is 5.90. The van der Waals surface area contributed by atoms with E-state index in [0.717, 1.165) is 11.4 Å². The van der Waals surface area contributed by atoms with Gasteiger partial charge in [0.1, 0.15) is 30.8 Å². The Morgan fingerprint density at radius 3 is 2.88 bits per heavy atom. The van der Waals surface area contributed by atoms with Crippen molar-refractivity contribution in [3.05, 3.63) is 48.9 Å². The number of anilines is 1. The smallest absolute Gasteiger partial charge is 0.253 e. The summed E-state index contributed by atoms with van der Waals surface area (Å²) in [5.41, 5.74) is 2.15. The predicted octanol–water partition coefficient (Wildman–Crippen LogP) is 2.65. The van der Waals surface area contributed by atoms with Gasteiger partial charge in [-0.25, -0.2) is 4.98 Å². The number of methoxy groups -OCH3 is 1. The maximum atomic E-state index is 12.2. The first kappa shape index (κ1) is 16.4. The molecule has 1 aliphatic rings. The topological polar surface area (TPSA) is 74.0 Å². The van der Waals surface area contributed by atoms with Gasteiger partial charge in [-0.05, 0) is 36.4 Å². The predicted molar refractivity (Wildman–Crippen MR) is 94.6 cm³/mol. The molecule has 1 amide bonds. The van der Waals surface area contributed by atoms with E-state index in [9.17, 15) is 4.79 Å². The number of aromatic nitrogens is 1. The highest BCUT2D eigenvalue weighted by molar-refractivity contribution is 5.95. The number of ether oxygens (including phenoxy) is 3. The zero-order valence-electron chi connectivity index (χ0n) is 14.3. The molecule has 3 aromatic rings. The Labute approximate surface area is 150 Å². The average Bonchev–Trinajstić information content (AvgIpc) is 3.17. The minimum Gasteiger partial charge on any atom is -0.497 e. The van der Waals surface area contributed by atoms with Crippen molar-refractivity contribution in [2.75, 3.05) is 31.8 Å². The second kappa shape index (κ2) is 7.05. The largest absolute Gasteiger partial charge is 0.497 e. The van der Waals surface area contributed by atoms with Crippen LogP contribution in [0.25, 0.3) is 11.1 Å². The number of hydrogen-bond acceptors (Lipinski definition) is 6. The molecule has 1 fully saturated rings. The van der Waals surface area contributed by atoms with E-state index < -0.39 is 0 Å². The number of hydrogen-bond donors (Lipinski definition) is 0. The summed E-state index contributed by atoms with van der Waals surface area (Å²) < 4.78 is 21.9. The SMILES string of the molecule is COc1ccc(N2CC(COc3cccc4ocnc34)OCC2=O)cc1. The van der Waals surface area contributed by atoms with E-state index in [-0.39, 0.29) is 18.6 Å². The molecule has 0 aliphatic carbocycles. The summed E-state index contributed by atoms with van der Waals surface area (Å²) >= 11 is 0. The van der Waals surface area contributed by atoms with Gasteiger partial charge in [-0.1, -0.05) is 6.07 Å². The average molecular weight is 354 g/mol. The molecular formula is C19H18N2O5. The van der Waals surface area contributed by atoms with E-state index in [2.05, 4.69) is 4.98 Å². The molecule has 0 N–H and O–H groups in total. The van der Waals surface area contributed by atoms with Crippen LogP contribution >= 0.6 is 0 Å². The maximum absolute atomic E-state index is 12.2. The zero-order valence-corrected chi connectivity index (χ0v) is 14.3. The molecule has 1 saturated heterocycles. The summed E-state index contributed by atoms with van der Waals surface area (Å²) in [7, 11) is 1.61. The van der Waals surface area contributed by atoms with E-state index in [4.69, 9.17) is 18.6 Å². The minimum atomic E-state index is -0.239. The van der Waals surface area contributed by atoms with E-state index in [1.54, 1.807) is 12.0 Å². The van der Waals surface area contributed by atoms with Crippen LogP contribution in [0.1, 0.15) is 0 Å². The second-order valence-electron chi connectivity index (χ2n) is 5.90. The van der Waals surface area contributed by atoms with Crippen molar-refractivity contribution in [1.29, 1.82) is 0 Å². The molecule has 7 nitrogen and oxygen atoms in total. The highest BCUT2D eigenvalue weighted by Gasteiger charge is 2.28. The fraction of sp³-hybridized carbons (Fsp3) is 0.263. The molecule has 7 heteroatoms. The monoisotopic (exact) mass is 354 g/mol. The number of oxazole rings is 1. The molecule has 4 rings (SSSR count). The van der Waals surface area contributed by atoms with E-state index in [1.165, 1.54) is 6.39 Å². The van der Waals surface area contributed by atoms with Gasteiger partial charge in [0.15, 0.2) is 17.5 Å². The van der Waals surface area contributed by atoms with Crippen LogP contribution in [0.15, 0.2) is 53.3 Å². The molecular weight excluding hydrogens is 336 g/mol. The third-order valence-electron chi connectivity index (χ3n) is 4.26. The Bertz CT molecular complexity index is 906. The number of amides is 1. The Morgan fingerprint density at radius 1 is 1.23 bits per heavy atom. The summed E-state index contributed by atoms with van der Waals surface area (Å²) in [6.07, 6.45) is 1.15. The zero-order chi connectivity index (χ0) is 17.9. The summed E-state index contributed by atoms with van der Waals surface area (Å²) in [6, 6.07) is 12.9. The van der Waals surface area contributed by atoms with Crippen LogP contribution in [0, 0.1) is 0 Å². The van der Waals surface area contributed by atoms with Gasteiger partial charge >= 0.3 is 0 Å². The number of benzene rings is 2. The van der Waals surface area contributed by atoms with Gasteiger partial charge in [0.05, 0.1) is 13.7 Å². The molecule has 0 saturated carbocycles. The lowest BCUT2D eigenvalue weighted by molar-refractivity contribution is -0.130. The Balaban J connectivity index is 1.44. The maximum Gasteiger partial charge on any atom is 0.253 e. The summed E-state index contributed by atoms with van der Waals surface area (Å²) in [5.74, 6) is 1.30. The summed E-state index contributed by atoms with van der Waals surface area (Å²) in [5, 5.41) is 0. The highest BCUT2D eigenvalue weighted by atomic mass is 16.5. The molecule has 2 aromatic carbocycles. The fourth-order valence-electron chi connectivity index (χ4n) is 2.90. The number of morpholine rings is 1. The molecule has 134 valence electrons. The van der Waals surface area contributed by atoms with Crippen LogP contribution in [0.4, 0.5) is 5.69 Å². The first-order chi connectivity index (χ1) is 12.7. The lowest BCUT2D eigenvalue weighted by Gasteiger charge is -2.32. The van der Waals surface area contributed by atoms with Crippen LogP contribution in [-0.2, 0) is 9.53 Å². The third-order valence-corrected chi connectivity index (χ3v) is 4.26. The van der Waals surface area contributed by atoms with Gasteiger partial charge in [0, 0.05) is 5.69 Å².